The molecule has 4 aliphatic carbocycles. The first-order valence-corrected chi connectivity index (χ1v) is 12.3. The van der Waals surface area contributed by atoms with Gasteiger partial charge in [-0.25, -0.2) is 4.79 Å². The Hall–Kier alpha value is -4.53. The Morgan fingerprint density at radius 2 is 1.00 bits per heavy atom. The molecule has 2 aromatic carbocycles. The number of ether oxygens (including phenoxy) is 2. The quantitative estimate of drug-likeness (QED) is 0.246. The number of benzene rings is 2. The van der Waals surface area contributed by atoms with Gasteiger partial charge in [-0.3, -0.25) is 20.2 Å². The Balaban J connectivity index is 1.17. The highest BCUT2D eigenvalue weighted by molar-refractivity contribution is 5.62. The largest absolute Gasteiger partial charge is 0.508 e. The van der Waals surface area contributed by atoms with Crippen LogP contribution in [0.3, 0.4) is 0 Å². The molecular weight excluding hydrogens is 488 g/mol. The first-order chi connectivity index (χ1) is 18.2. The highest BCUT2D eigenvalue weighted by atomic mass is 16.7. The van der Waals surface area contributed by atoms with Gasteiger partial charge in [-0.05, 0) is 24.0 Å². The van der Waals surface area contributed by atoms with Crippen LogP contribution in [0.5, 0.6) is 0 Å². The Morgan fingerprint density at radius 3 is 1.32 bits per heavy atom. The number of allylic oxidation sites excluding steroid dienone is 8. The molecule has 2 aromatic rings. The molecule has 0 aromatic heterocycles. The maximum atomic E-state index is 12.9. The monoisotopic (exact) mass is 512 g/mol. The summed E-state index contributed by atoms with van der Waals surface area (Å²) in [5.41, 5.74) is 0.0558. The minimum Gasteiger partial charge on any atom is -0.433 e. The molecule has 2 fully saturated rings. The third-order valence-corrected chi connectivity index (χ3v) is 8.65. The van der Waals surface area contributed by atoms with Crippen LogP contribution in [0.4, 0.5) is 16.2 Å². The van der Waals surface area contributed by atoms with Crippen LogP contribution in [0, 0.1) is 31.1 Å². The van der Waals surface area contributed by atoms with E-state index in [2.05, 4.69) is 24.3 Å². The molecule has 0 heterocycles. The maximum absolute atomic E-state index is 12.9. The fourth-order valence-electron chi connectivity index (χ4n) is 6.29. The Labute approximate surface area is 218 Å². The van der Waals surface area contributed by atoms with Crippen LogP contribution in [-0.2, 0) is 20.3 Å². The number of rotatable bonds is 8. The van der Waals surface area contributed by atoms with Crippen LogP contribution < -0.4 is 0 Å². The van der Waals surface area contributed by atoms with Crippen molar-refractivity contribution in [2.24, 2.45) is 10.8 Å². The first kappa shape index (κ1) is 23.8. The van der Waals surface area contributed by atoms with E-state index in [1.807, 2.05) is 24.3 Å². The zero-order valence-corrected chi connectivity index (χ0v) is 20.3. The van der Waals surface area contributed by atoms with Gasteiger partial charge in [0.15, 0.2) is 0 Å². The van der Waals surface area contributed by atoms with Gasteiger partial charge in [0.1, 0.15) is 13.2 Å². The molecule has 2 unspecified atom stereocenters. The number of non-ortho nitro benzene ring substituents is 2. The van der Waals surface area contributed by atoms with E-state index < -0.39 is 26.8 Å². The summed E-state index contributed by atoms with van der Waals surface area (Å²) in [5.74, 6) is 0. The van der Waals surface area contributed by atoms with Crippen LogP contribution in [0.2, 0.25) is 0 Å². The average Bonchev–Trinajstić information content (AvgIpc) is 3.47. The Kier molecular flexibility index (Phi) is 5.17. The number of nitro benzene ring substituents is 2. The molecule has 192 valence electrons. The third-order valence-electron chi connectivity index (χ3n) is 8.65. The predicted octanol–water partition coefficient (Wildman–Crippen LogP) is 5.86. The van der Waals surface area contributed by atoms with Crippen molar-refractivity contribution in [3.05, 3.63) is 128 Å². The van der Waals surface area contributed by atoms with Gasteiger partial charge in [0, 0.05) is 45.9 Å². The molecule has 0 aliphatic heterocycles. The summed E-state index contributed by atoms with van der Waals surface area (Å²) in [7, 11) is 0. The van der Waals surface area contributed by atoms with E-state index in [0.717, 1.165) is 11.1 Å². The molecule has 0 amide bonds. The van der Waals surface area contributed by atoms with Gasteiger partial charge in [-0.15, -0.1) is 0 Å². The van der Waals surface area contributed by atoms with Gasteiger partial charge in [0.2, 0.25) is 0 Å². The van der Waals surface area contributed by atoms with Crippen LogP contribution in [0.25, 0.3) is 0 Å². The van der Waals surface area contributed by atoms with Gasteiger partial charge in [0.05, 0.1) is 9.85 Å². The summed E-state index contributed by atoms with van der Waals surface area (Å²) in [6, 6.07) is 12.7. The van der Waals surface area contributed by atoms with Crippen molar-refractivity contribution in [3.63, 3.8) is 0 Å². The Morgan fingerprint density at radius 1 is 0.658 bits per heavy atom. The second-order valence-electron chi connectivity index (χ2n) is 10.5. The van der Waals surface area contributed by atoms with Gasteiger partial charge in [-0.1, -0.05) is 72.9 Å². The lowest BCUT2D eigenvalue weighted by atomic mass is 9.87. The summed E-state index contributed by atoms with van der Waals surface area (Å²) in [6.07, 6.45) is 16.7. The van der Waals surface area contributed by atoms with Crippen LogP contribution in [-0.4, -0.2) is 29.2 Å². The molecule has 0 radical (unpaired) electrons. The van der Waals surface area contributed by atoms with Gasteiger partial charge in [-0.2, -0.15) is 0 Å². The molecule has 6 rings (SSSR count). The highest BCUT2D eigenvalue weighted by Gasteiger charge is 2.68. The molecule has 4 aliphatic rings. The van der Waals surface area contributed by atoms with E-state index in [4.69, 9.17) is 9.47 Å². The molecule has 0 N–H and O–H groups in total. The van der Waals surface area contributed by atoms with Gasteiger partial charge < -0.3 is 9.47 Å². The fourth-order valence-corrected chi connectivity index (χ4v) is 6.29. The predicted molar refractivity (Wildman–Crippen MR) is 138 cm³/mol. The number of carbonyl (C=O) groups is 1. The standard InChI is InChI=1S/C29H24N2O7/c32-25(37-19-28(17-26(28)13-1-2-14-26)21-5-9-23(10-6-21)30(33)34)38-20-29(18-27(29)15-3-4-16-27)22-7-11-24(12-8-22)31(35)36/h1-16H,17-20H2. The Bertz CT molecular complexity index is 1320. The molecule has 2 spiro atoms. The summed E-state index contributed by atoms with van der Waals surface area (Å²) in [4.78, 5) is 34.2. The summed E-state index contributed by atoms with van der Waals surface area (Å²) in [6.45, 7) is 0.127. The lowest BCUT2D eigenvalue weighted by molar-refractivity contribution is -0.385. The minimum atomic E-state index is -0.798. The van der Waals surface area contributed by atoms with E-state index in [1.54, 1.807) is 24.3 Å². The number of nitro groups is 2. The lowest BCUT2D eigenvalue weighted by Crippen LogP contribution is -2.28. The van der Waals surface area contributed by atoms with Crippen LogP contribution in [0.15, 0.2) is 97.1 Å². The van der Waals surface area contributed by atoms with E-state index in [0.29, 0.717) is 12.8 Å². The third kappa shape index (κ3) is 3.49. The lowest BCUT2D eigenvalue weighted by Gasteiger charge is -2.23. The number of hydrogen-bond acceptors (Lipinski definition) is 7. The summed E-state index contributed by atoms with van der Waals surface area (Å²) < 4.78 is 11.3. The van der Waals surface area contributed by atoms with Crippen LogP contribution >= 0.6 is 0 Å². The molecule has 0 bridgehead atoms. The van der Waals surface area contributed by atoms with Crippen molar-refractivity contribution in [1.29, 1.82) is 0 Å². The van der Waals surface area contributed by atoms with Crippen LogP contribution in [0.1, 0.15) is 24.0 Å². The summed E-state index contributed by atoms with van der Waals surface area (Å²) >= 11 is 0. The van der Waals surface area contributed by atoms with E-state index in [-0.39, 0.29) is 35.4 Å². The van der Waals surface area contributed by atoms with Crippen molar-refractivity contribution in [2.45, 2.75) is 23.7 Å². The minimum absolute atomic E-state index is 0.00125. The van der Waals surface area contributed by atoms with E-state index in [9.17, 15) is 25.0 Å². The second-order valence-corrected chi connectivity index (χ2v) is 10.5. The van der Waals surface area contributed by atoms with Crippen molar-refractivity contribution in [2.75, 3.05) is 13.2 Å². The molecular formula is C29H24N2O7. The van der Waals surface area contributed by atoms with Crippen molar-refractivity contribution < 1.29 is 24.1 Å². The fraction of sp³-hybridized carbons (Fsp3) is 0.276. The van der Waals surface area contributed by atoms with Crippen molar-refractivity contribution in [1.82, 2.24) is 0 Å². The molecule has 38 heavy (non-hydrogen) atoms. The first-order valence-electron chi connectivity index (χ1n) is 12.3. The summed E-state index contributed by atoms with van der Waals surface area (Å²) in [5, 5.41) is 22.2. The number of hydrogen-bond donors (Lipinski definition) is 0. The zero-order valence-electron chi connectivity index (χ0n) is 20.3. The van der Waals surface area contributed by atoms with Gasteiger partial charge >= 0.3 is 6.16 Å². The van der Waals surface area contributed by atoms with Crippen molar-refractivity contribution in [3.8, 4) is 0 Å². The normalized spacial score (nSPS) is 26.1. The zero-order chi connectivity index (χ0) is 26.6. The topological polar surface area (TPSA) is 122 Å². The van der Waals surface area contributed by atoms with E-state index in [1.165, 1.54) is 24.3 Å². The second kappa shape index (κ2) is 8.24. The molecule has 2 saturated carbocycles. The van der Waals surface area contributed by atoms with Gasteiger partial charge in [0.25, 0.3) is 11.4 Å². The number of carbonyl (C=O) groups excluding carboxylic acids is 1. The molecule has 2 atom stereocenters. The van der Waals surface area contributed by atoms with E-state index >= 15 is 0 Å². The average molecular weight is 513 g/mol. The molecule has 9 nitrogen and oxygen atoms in total. The number of nitrogens with zero attached hydrogens (tertiary/aromatic N) is 2. The maximum Gasteiger partial charge on any atom is 0.508 e. The highest BCUT2D eigenvalue weighted by Crippen LogP contribution is 2.69. The molecule has 9 heteroatoms. The smallest absolute Gasteiger partial charge is 0.433 e. The van der Waals surface area contributed by atoms with Crippen molar-refractivity contribution >= 4 is 17.5 Å². The molecule has 0 saturated heterocycles. The SMILES string of the molecule is O=C(OCC1(c2ccc([N+](=O)[O-])cc2)CC12C=CC=C2)OCC1(c2ccc([N+](=O)[O-])cc2)CC12C=CC=C2.